The summed E-state index contributed by atoms with van der Waals surface area (Å²) >= 11 is 0. The van der Waals surface area contributed by atoms with Crippen molar-refractivity contribution in [2.75, 3.05) is 33.8 Å². The number of nitrogens with one attached hydrogen (secondary N) is 1. The lowest BCUT2D eigenvalue weighted by atomic mass is 9.96. The van der Waals surface area contributed by atoms with Crippen LogP contribution in [0.4, 0.5) is 9.18 Å². The fraction of sp³-hybridized carbons (Fsp3) is 0.344. The number of amides is 4. The molecule has 4 amide bonds. The van der Waals surface area contributed by atoms with Gasteiger partial charge in [-0.25, -0.2) is 19.2 Å². The maximum atomic E-state index is 14.1. The number of likely N-dealkylation sites (N-methyl/N-ethyl adjacent to an activating group) is 1. The van der Waals surface area contributed by atoms with Crippen LogP contribution in [-0.4, -0.2) is 88.8 Å². The summed E-state index contributed by atoms with van der Waals surface area (Å²) in [5.41, 5.74) is 2.52. The SMILES string of the molecule is COc1ccc(CCNC(=O)N2[C@H]3CN(C(C)c4ccc(F)cc4)C(=O)C(Cc4ccc(O)cc4)N3C(=O)CN2C)cc1. The molecule has 0 spiro atoms. The van der Waals surface area contributed by atoms with Gasteiger partial charge in [0.05, 0.1) is 26.2 Å². The van der Waals surface area contributed by atoms with Gasteiger partial charge in [0.15, 0.2) is 0 Å². The number of rotatable bonds is 8. The van der Waals surface area contributed by atoms with E-state index >= 15 is 0 Å². The van der Waals surface area contributed by atoms with Gasteiger partial charge in [0.2, 0.25) is 11.8 Å². The fourth-order valence-electron chi connectivity index (χ4n) is 5.78. The van der Waals surface area contributed by atoms with Crippen molar-refractivity contribution < 1.29 is 28.6 Å². The molecule has 0 saturated carbocycles. The Morgan fingerprint density at radius 2 is 1.67 bits per heavy atom. The van der Waals surface area contributed by atoms with Gasteiger partial charge in [-0.15, -0.1) is 0 Å². The summed E-state index contributed by atoms with van der Waals surface area (Å²) in [6.45, 7) is 2.22. The second-order valence-electron chi connectivity index (χ2n) is 10.9. The van der Waals surface area contributed by atoms with Crippen molar-refractivity contribution in [3.63, 3.8) is 0 Å². The fourth-order valence-corrected chi connectivity index (χ4v) is 5.78. The van der Waals surface area contributed by atoms with Crippen LogP contribution < -0.4 is 10.1 Å². The van der Waals surface area contributed by atoms with Crippen LogP contribution in [0.15, 0.2) is 72.8 Å². The number of hydrazine groups is 1. The molecule has 0 aromatic heterocycles. The molecule has 3 aromatic carbocycles. The summed E-state index contributed by atoms with van der Waals surface area (Å²) in [6, 6.07) is 18.4. The molecule has 5 rings (SSSR count). The van der Waals surface area contributed by atoms with Crippen molar-refractivity contribution in [1.29, 1.82) is 0 Å². The zero-order valence-electron chi connectivity index (χ0n) is 24.4. The molecule has 0 aliphatic carbocycles. The standard InChI is InChI=1S/C32H36FN5O5/c1-21(24-8-10-25(33)11-9-24)36-19-29-37(28(31(36)41)18-23-4-12-26(39)13-5-23)30(40)20-35(2)38(29)32(42)34-17-16-22-6-14-27(43-3)15-7-22/h4-15,21,28-29,39H,16-20H2,1-3H3,(H,34,42)/t21?,28?,29-/m0/s1. The Hall–Kier alpha value is -4.64. The molecule has 43 heavy (non-hydrogen) atoms. The van der Waals surface area contributed by atoms with Crippen LogP contribution in [0.1, 0.15) is 29.7 Å². The van der Waals surface area contributed by atoms with Crippen molar-refractivity contribution >= 4 is 17.8 Å². The minimum Gasteiger partial charge on any atom is -0.508 e. The monoisotopic (exact) mass is 589 g/mol. The molecule has 2 N–H and O–H groups in total. The smallest absolute Gasteiger partial charge is 0.333 e. The molecule has 3 atom stereocenters. The molecule has 2 heterocycles. The Labute approximate surface area is 250 Å². The lowest BCUT2D eigenvalue weighted by Crippen LogP contribution is -2.76. The average molecular weight is 590 g/mol. The van der Waals surface area contributed by atoms with E-state index in [9.17, 15) is 23.9 Å². The Kier molecular flexibility index (Phi) is 8.81. The van der Waals surface area contributed by atoms with Crippen LogP contribution in [0, 0.1) is 5.82 Å². The summed E-state index contributed by atoms with van der Waals surface area (Å²) in [5.74, 6) is -0.0638. The molecule has 2 fully saturated rings. The number of phenols is 1. The number of nitrogens with zero attached hydrogens (tertiary/aromatic N) is 4. The summed E-state index contributed by atoms with van der Waals surface area (Å²) in [4.78, 5) is 44.4. The number of methoxy groups -OCH3 is 1. The third-order valence-electron chi connectivity index (χ3n) is 8.13. The van der Waals surface area contributed by atoms with Crippen molar-refractivity contribution in [2.45, 2.75) is 38.0 Å². The summed E-state index contributed by atoms with van der Waals surface area (Å²) < 4.78 is 18.9. The van der Waals surface area contributed by atoms with E-state index < -0.39 is 18.2 Å². The summed E-state index contributed by atoms with van der Waals surface area (Å²) in [5, 5.41) is 15.8. The Bertz CT molecular complexity index is 1450. The third kappa shape index (κ3) is 6.41. The van der Waals surface area contributed by atoms with E-state index in [0.717, 1.165) is 22.4 Å². The molecular weight excluding hydrogens is 553 g/mol. The van der Waals surface area contributed by atoms with E-state index in [1.54, 1.807) is 48.3 Å². The van der Waals surface area contributed by atoms with Gasteiger partial charge in [0.25, 0.3) is 0 Å². The number of hydrogen-bond donors (Lipinski definition) is 2. The van der Waals surface area contributed by atoms with Crippen LogP contribution in [0.25, 0.3) is 0 Å². The number of carbonyl (C=O) groups excluding carboxylic acids is 3. The molecule has 0 bridgehead atoms. The molecule has 10 nitrogen and oxygen atoms in total. The number of ether oxygens (including phenoxy) is 1. The predicted molar refractivity (Wildman–Crippen MR) is 157 cm³/mol. The normalized spacial score (nSPS) is 19.7. The molecule has 2 aliphatic heterocycles. The van der Waals surface area contributed by atoms with Crippen LogP contribution in [0.3, 0.4) is 0 Å². The molecule has 11 heteroatoms. The van der Waals surface area contributed by atoms with E-state index in [4.69, 9.17) is 4.74 Å². The number of phenolic OH excluding ortho intramolecular Hbond substituents is 1. The lowest BCUT2D eigenvalue weighted by Gasteiger charge is -2.55. The number of halogens is 1. The third-order valence-corrected chi connectivity index (χ3v) is 8.13. The number of hydrogen-bond acceptors (Lipinski definition) is 6. The first-order chi connectivity index (χ1) is 20.7. The van der Waals surface area contributed by atoms with Crippen molar-refractivity contribution in [3.8, 4) is 11.5 Å². The highest BCUT2D eigenvalue weighted by Crippen LogP contribution is 2.32. The average Bonchev–Trinajstić information content (AvgIpc) is 2.99. The maximum absolute atomic E-state index is 14.1. The highest BCUT2D eigenvalue weighted by atomic mass is 19.1. The minimum atomic E-state index is -0.887. The van der Waals surface area contributed by atoms with Gasteiger partial charge >= 0.3 is 6.03 Å². The second kappa shape index (κ2) is 12.7. The second-order valence-corrected chi connectivity index (χ2v) is 10.9. The van der Waals surface area contributed by atoms with Gasteiger partial charge in [0.1, 0.15) is 29.5 Å². The Balaban J connectivity index is 1.42. The van der Waals surface area contributed by atoms with E-state index in [-0.39, 0.29) is 48.9 Å². The van der Waals surface area contributed by atoms with Gasteiger partial charge in [-0.05, 0) is 66.4 Å². The van der Waals surface area contributed by atoms with Crippen molar-refractivity contribution in [3.05, 3.63) is 95.3 Å². The lowest BCUT2D eigenvalue weighted by molar-refractivity contribution is -0.189. The first kappa shape index (κ1) is 29.8. The number of aromatic hydroxyl groups is 1. The van der Waals surface area contributed by atoms with Crippen LogP contribution in [0.2, 0.25) is 0 Å². The van der Waals surface area contributed by atoms with Gasteiger partial charge < -0.3 is 25.0 Å². The molecule has 3 aromatic rings. The van der Waals surface area contributed by atoms with Crippen LogP contribution in [0.5, 0.6) is 11.5 Å². The van der Waals surface area contributed by atoms with Crippen molar-refractivity contribution in [2.24, 2.45) is 0 Å². The first-order valence-corrected chi connectivity index (χ1v) is 14.2. The summed E-state index contributed by atoms with van der Waals surface area (Å²) in [6.07, 6.45) is 0.0240. The number of fused-ring (bicyclic) bond motifs is 1. The number of piperazine rings is 1. The molecule has 2 aliphatic rings. The highest BCUT2D eigenvalue weighted by Gasteiger charge is 2.51. The first-order valence-electron chi connectivity index (χ1n) is 14.2. The van der Waals surface area contributed by atoms with Crippen LogP contribution >= 0.6 is 0 Å². The number of carbonyl (C=O) groups is 3. The Morgan fingerprint density at radius 1 is 1.02 bits per heavy atom. The van der Waals surface area contributed by atoms with E-state index in [0.29, 0.717) is 13.0 Å². The quantitative estimate of drug-likeness (QED) is 0.418. The molecule has 2 saturated heterocycles. The molecule has 226 valence electrons. The largest absolute Gasteiger partial charge is 0.508 e. The Morgan fingerprint density at radius 3 is 2.33 bits per heavy atom. The number of urea groups is 1. The zero-order chi connectivity index (χ0) is 30.7. The van der Waals surface area contributed by atoms with Gasteiger partial charge in [0, 0.05) is 20.0 Å². The van der Waals surface area contributed by atoms with E-state index in [1.165, 1.54) is 34.2 Å². The topological polar surface area (TPSA) is 106 Å². The minimum absolute atomic E-state index is 0.0741. The molecule has 2 unspecified atom stereocenters. The number of benzene rings is 3. The van der Waals surface area contributed by atoms with Gasteiger partial charge in [-0.1, -0.05) is 36.4 Å². The van der Waals surface area contributed by atoms with Crippen LogP contribution in [-0.2, 0) is 22.4 Å². The summed E-state index contributed by atoms with van der Waals surface area (Å²) in [7, 11) is 3.28. The van der Waals surface area contributed by atoms with Gasteiger partial charge in [-0.2, -0.15) is 0 Å². The zero-order valence-corrected chi connectivity index (χ0v) is 24.4. The predicted octanol–water partition coefficient (Wildman–Crippen LogP) is 3.32. The van der Waals surface area contributed by atoms with E-state index in [2.05, 4.69) is 5.32 Å². The molecule has 0 radical (unpaired) electrons. The molecular formula is C32H36FN5O5. The maximum Gasteiger partial charge on any atom is 0.333 e. The van der Waals surface area contributed by atoms with E-state index in [1.807, 2.05) is 31.2 Å². The van der Waals surface area contributed by atoms with Crippen molar-refractivity contribution in [1.82, 2.24) is 25.1 Å². The van der Waals surface area contributed by atoms with Gasteiger partial charge in [-0.3, -0.25) is 9.59 Å². The highest BCUT2D eigenvalue weighted by molar-refractivity contribution is 5.92.